The van der Waals surface area contributed by atoms with Crippen LogP contribution in [0.4, 0.5) is 0 Å². The molecule has 0 bridgehead atoms. The Hall–Kier alpha value is -2.23. The number of ether oxygens (including phenoxy) is 2. The summed E-state index contributed by atoms with van der Waals surface area (Å²) in [6, 6.07) is 11.3. The van der Waals surface area contributed by atoms with E-state index in [9.17, 15) is 4.79 Å². The monoisotopic (exact) mass is 245 g/mol. The van der Waals surface area contributed by atoms with Crippen LogP contribution in [0.5, 0.6) is 5.88 Å². The van der Waals surface area contributed by atoms with Crippen LogP contribution in [0.1, 0.15) is 17.3 Å². The van der Waals surface area contributed by atoms with Crippen molar-refractivity contribution in [2.45, 2.75) is 6.92 Å². The summed E-state index contributed by atoms with van der Waals surface area (Å²) in [5, 5.41) is 0. The van der Waals surface area contributed by atoms with E-state index in [1.165, 1.54) is 0 Å². The second kappa shape index (κ2) is 5.40. The molecule has 0 saturated heterocycles. The molecular weight excluding hydrogens is 230 g/mol. The average Bonchev–Trinajstić information content (AvgIpc) is 2.84. The number of aromatic amines is 1. The molecule has 0 aliphatic carbocycles. The minimum atomic E-state index is -0.351. The lowest BCUT2D eigenvalue weighted by atomic mass is 10.1. The standard InChI is InChI=1S/C14H15NO3/c1-3-18-14(16)11-9-12(17-2)15-13(11)10-7-5-4-6-8-10/h4-9,15H,3H2,1-2H3. The van der Waals surface area contributed by atoms with E-state index in [0.717, 1.165) is 5.56 Å². The maximum atomic E-state index is 11.9. The van der Waals surface area contributed by atoms with Gasteiger partial charge in [-0.2, -0.15) is 0 Å². The van der Waals surface area contributed by atoms with Gasteiger partial charge in [0.05, 0.1) is 25.0 Å². The fourth-order valence-electron chi connectivity index (χ4n) is 1.74. The highest BCUT2D eigenvalue weighted by molar-refractivity contribution is 5.97. The van der Waals surface area contributed by atoms with E-state index in [2.05, 4.69) is 4.98 Å². The smallest absolute Gasteiger partial charge is 0.340 e. The van der Waals surface area contributed by atoms with Crippen LogP contribution in [-0.4, -0.2) is 24.7 Å². The summed E-state index contributed by atoms with van der Waals surface area (Å²) in [5.41, 5.74) is 2.12. The van der Waals surface area contributed by atoms with Gasteiger partial charge in [-0.3, -0.25) is 0 Å². The molecule has 94 valence electrons. The van der Waals surface area contributed by atoms with E-state index in [1.807, 2.05) is 30.3 Å². The first kappa shape index (κ1) is 12.2. The van der Waals surface area contributed by atoms with Crippen molar-refractivity contribution >= 4 is 5.97 Å². The molecule has 0 saturated carbocycles. The number of hydrogen-bond acceptors (Lipinski definition) is 3. The van der Waals surface area contributed by atoms with E-state index >= 15 is 0 Å². The molecular formula is C14H15NO3. The number of nitrogens with one attached hydrogen (secondary N) is 1. The predicted octanol–water partition coefficient (Wildman–Crippen LogP) is 2.87. The molecule has 2 aromatic rings. The number of hydrogen-bond donors (Lipinski definition) is 1. The second-order valence-corrected chi connectivity index (χ2v) is 3.71. The number of carbonyl (C=O) groups excluding carboxylic acids is 1. The number of benzene rings is 1. The van der Waals surface area contributed by atoms with Crippen LogP contribution in [0.2, 0.25) is 0 Å². The molecule has 2 rings (SSSR count). The van der Waals surface area contributed by atoms with Crippen LogP contribution in [0.15, 0.2) is 36.4 Å². The van der Waals surface area contributed by atoms with Gasteiger partial charge in [-0.25, -0.2) is 4.79 Å². The fourth-order valence-corrected chi connectivity index (χ4v) is 1.74. The topological polar surface area (TPSA) is 51.3 Å². The molecule has 1 aromatic heterocycles. The number of methoxy groups -OCH3 is 1. The Morgan fingerprint density at radius 3 is 2.61 bits per heavy atom. The van der Waals surface area contributed by atoms with Crippen molar-refractivity contribution in [3.05, 3.63) is 42.0 Å². The molecule has 18 heavy (non-hydrogen) atoms. The van der Waals surface area contributed by atoms with Gasteiger partial charge in [-0.05, 0) is 12.5 Å². The fraction of sp³-hybridized carbons (Fsp3) is 0.214. The normalized spacial score (nSPS) is 10.1. The third kappa shape index (κ3) is 2.37. The first-order valence-electron chi connectivity index (χ1n) is 5.75. The van der Waals surface area contributed by atoms with Crippen LogP contribution in [0, 0.1) is 0 Å². The average molecular weight is 245 g/mol. The van der Waals surface area contributed by atoms with Gasteiger partial charge in [0.25, 0.3) is 0 Å². The first-order valence-corrected chi connectivity index (χ1v) is 5.75. The highest BCUT2D eigenvalue weighted by Crippen LogP contribution is 2.27. The first-order chi connectivity index (χ1) is 8.76. The second-order valence-electron chi connectivity index (χ2n) is 3.71. The van der Waals surface area contributed by atoms with Gasteiger partial charge < -0.3 is 14.5 Å². The molecule has 0 aliphatic rings. The summed E-state index contributed by atoms with van der Waals surface area (Å²) in [6.45, 7) is 2.13. The minimum Gasteiger partial charge on any atom is -0.482 e. The largest absolute Gasteiger partial charge is 0.482 e. The molecule has 0 radical (unpaired) electrons. The van der Waals surface area contributed by atoms with Gasteiger partial charge in [0, 0.05) is 6.07 Å². The minimum absolute atomic E-state index is 0.348. The van der Waals surface area contributed by atoms with Gasteiger partial charge in [0.1, 0.15) is 0 Å². The molecule has 1 N–H and O–H groups in total. The summed E-state index contributed by atoms with van der Waals surface area (Å²) in [4.78, 5) is 14.9. The molecule has 4 heteroatoms. The third-order valence-corrected chi connectivity index (χ3v) is 2.57. The Morgan fingerprint density at radius 1 is 1.28 bits per heavy atom. The zero-order chi connectivity index (χ0) is 13.0. The van der Waals surface area contributed by atoms with Crippen LogP contribution in [0.25, 0.3) is 11.3 Å². The zero-order valence-electron chi connectivity index (χ0n) is 10.4. The summed E-state index contributed by atoms with van der Waals surface area (Å²) < 4.78 is 10.2. The lowest BCUT2D eigenvalue weighted by Gasteiger charge is -2.03. The molecule has 1 heterocycles. The Labute approximate surface area is 106 Å². The van der Waals surface area contributed by atoms with Gasteiger partial charge in [-0.1, -0.05) is 30.3 Å². The molecule has 0 atom stereocenters. The van der Waals surface area contributed by atoms with Gasteiger partial charge in [0.2, 0.25) is 0 Å². The maximum absolute atomic E-state index is 11.9. The molecule has 4 nitrogen and oxygen atoms in total. The van der Waals surface area contributed by atoms with E-state index < -0.39 is 0 Å². The highest BCUT2D eigenvalue weighted by atomic mass is 16.5. The van der Waals surface area contributed by atoms with Gasteiger partial charge in [-0.15, -0.1) is 0 Å². The van der Waals surface area contributed by atoms with Crippen molar-refractivity contribution < 1.29 is 14.3 Å². The Kier molecular flexibility index (Phi) is 3.67. The Morgan fingerprint density at radius 2 is 2.00 bits per heavy atom. The quantitative estimate of drug-likeness (QED) is 0.843. The number of carbonyl (C=O) groups is 1. The van der Waals surface area contributed by atoms with Gasteiger partial charge >= 0.3 is 5.97 Å². The van der Waals surface area contributed by atoms with Crippen LogP contribution < -0.4 is 4.74 Å². The Balaban J connectivity index is 2.45. The number of H-pyrrole nitrogens is 1. The summed E-state index contributed by atoms with van der Waals surface area (Å²) >= 11 is 0. The predicted molar refractivity (Wildman–Crippen MR) is 68.7 cm³/mol. The van der Waals surface area contributed by atoms with Crippen molar-refractivity contribution in [1.29, 1.82) is 0 Å². The maximum Gasteiger partial charge on any atom is 0.340 e. The molecule has 0 amide bonds. The van der Waals surface area contributed by atoms with Crippen molar-refractivity contribution in [3.8, 4) is 17.1 Å². The number of esters is 1. The Bertz CT molecular complexity index is 531. The molecule has 1 aromatic carbocycles. The van der Waals surface area contributed by atoms with Crippen LogP contribution >= 0.6 is 0 Å². The number of aromatic nitrogens is 1. The molecule has 0 unspecified atom stereocenters. The zero-order valence-corrected chi connectivity index (χ0v) is 10.4. The SMILES string of the molecule is CCOC(=O)c1cc(OC)[nH]c1-c1ccccc1. The van der Waals surface area contributed by atoms with Crippen LogP contribution in [0.3, 0.4) is 0 Å². The van der Waals surface area contributed by atoms with E-state index in [0.29, 0.717) is 23.7 Å². The lowest BCUT2D eigenvalue weighted by Crippen LogP contribution is -2.04. The molecule has 0 aliphatic heterocycles. The van der Waals surface area contributed by atoms with Crippen molar-refractivity contribution in [1.82, 2.24) is 4.98 Å². The molecule has 0 spiro atoms. The third-order valence-electron chi connectivity index (χ3n) is 2.57. The highest BCUT2D eigenvalue weighted by Gasteiger charge is 2.18. The summed E-state index contributed by atoms with van der Waals surface area (Å²) in [5.74, 6) is 0.188. The van der Waals surface area contributed by atoms with Gasteiger partial charge in [0.15, 0.2) is 5.88 Å². The van der Waals surface area contributed by atoms with Crippen molar-refractivity contribution in [2.75, 3.05) is 13.7 Å². The summed E-state index contributed by atoms with van der Waals surface area (Å²) in [6.07, 6.45) is 0. The summed E-state index contributed by atoms with van der Waals surface area (Å²) in [7, 11) is 1.55. The van der Waals surface area contributed by atoms with E-state index in [-0.39, 0.29) is 5.97 Å². The van der Waals surface area contributed by atoms with E-state index in [1.54, 1.807) is 20.1 Å². The lowest BCUT2D eigenvalue weighted by molar-refractivity contribution is 0.0527. The van der Waals surface area contributed by atoms with Crippen molar-refractivity contribution in [3.63, 3.8) is 0 Å². The van der Waals surface area contributed by atoms with Crippen LogP contribution in [-0.2, 0) is 4.74 Å². The van der Waals surface area contributed by atoms with Crippen molar-refractivity contribution in [2.24, 2.45) is 0 Å². The molecule has 0 fully saturated rings. The van der Waals surface area contributed by atoms with E-state index in [4.69, 9.17) is 9.47 Å². The number of rotatable bonds is 4.